The number of carbonyl (C=O) groups is 2. The van der Waals surface area contributed by atoms with Crippen molar-refractivity contribution in [2.24, 2.45) is 11.8 Å². The number of methoxy groups -OCH3 is 2. The quantitative estimate of drug-likeness (QED) is 0.251. The molecule has 1 N–H and O–H groups in total. The van der Waals surface area contributed by atoms with Gasteiger partial charge in [0.25, 0.3) is 0 Å². The molecule has 4 aliphatic rings. The maximum Gasteiger partial charge on any atom is 0.415 e. The Hall–Kier alpha value is -3.66. The average Bonchev–Trinajstić information content (AvgIpc) is 3.59. The molecule has 2 aliphatic heterocycles. The standard InChI is InChI=1S/C30H33NO7Si/c1-18-24(26(33)35-5)25(32)20-13-11-9-10-12-14-23-29(18)30(20,38-29)21-17-19(37-39(7,8)28(2,3)4)15-16-22(21)31(23)27(34)36-6/h9-10,15-18,20,23,32H,1-8H3/b10-9-/t18-,20+,23-,29-,30+/m0/s1. The van der Waals surface area contributed by atoms with Gasteiger partial charge in [0, 0.05) is 11.5 Å². The molecule has 1 saturated heterocycles. The number of amides is 1. The summed E-state index contributed by atoms with van der Waals surface area (Å²) in [6.45, 7) is 12.6. The molecule has 2 heterocycles. The molecule has 39 heavy (non-hydrogen) atoms. The number of ether oxygens (including phenoxy) is 3. The van der Waals surface area contributed by atoms with Gasteiger partial charge in [0.15, 0.2) is 0 Å². The summed E-state index contributed by atoms with van der Waals surface area (Å²) in [6, 6.07) is 4.66. The van der Waals surface area contributed by atoms with E-state index >= 15 is 0 Å². The third-order valence-electron chi connectivity index (χ3n) is 8.85. The minimum atomic E-state index is -2.23. The van der Waals surface area contributed by atoms with Crippen LogP contribution in [0.3, 0.4) is 0 Å². The number of esters is 1. The van der Waals surface area contributed by atoms with Crippen molar-refractivity contribution >= 4 is 26.1 Å². The molecule has 0 aromatic heterocycles. The average molecular weight is 548 g/mol. The predicted octanol–water partition coefficient (Wildman–Crippen LogP) is 4.82. The zero-order valence-corrected chi connectivity index (χ0v) is 24.5. The monoisotopic (exact) mass is 547 g/mol. The van der Waals surface area contributed by atoms with E-state index in [-0.39, 0.29) is 16.4 Å². The first kappa shape index (κ1) is 26.9. The highest BCUT2D eigenvalue weighted by molar-refractivity contribution is 6.74. The zero-order valence-electron chi connectivity index (χ0n) is 23.5. The van der Waals surface area contributed by atoms with E-state index < -0.39 is 49.5 Å². The fourth-order valence-corrected chi connectivity index (χ4v) is 6.90. The lowest BCUT2D eigenvalue weighted by Gasteiger charge is -2.45. The molecule has 204 valence electrons. The number of rotatable bonds is 3. The maximum absolute atomic E-state index is 13.3. The fraction of sp³-hybridized carbons (Fsp3) is 0.467. The van der Waals surface area contributed by atoms with Crippen LogP contribution < -0.4 is 9.33 Å². The largest absolute Gasteiger partial charge is 0.543 e. The molecule has 2 aliphatic carbocycles. The second-order valence-electron chi connectivity index (χ2n) is 11.8. The molecule has 9 heteroatoms. The van der Waals surface area contributed by atoms with Gasteiger partial charge in [0.05, 0.1) is 25.5 Å². The third kappa shape index (κ3) is 3.50. The van der Waals surface area contributed by atoms with E-state index in [4.69, 9.17) is 18.6 Å². The lowest BCUT2D eigenvalue weighted by Crippen LogP contribution is -2.60. The summed E-state index contributed by atoms with van der Waals surface area (Å²) in [4.78, 5) is 27.8. The van der Waals surface area contributed by atoms with E-state index in [0.717, 1.165) is 0 Å². The number of anilines is 1. The summed E-state index contributed by atoms with van der Waals surface area (Å²) >= 11 is 0. The van der Waals surface area contributed by atoms with Crippen LogP contribution >= 0.6 is 0 Å². The number of nitrogens with zero attached hydrogens (tertiary/aromatic N) is 1. The minimum absolute atomic E-state index is 0.0487. The lowest BCUT2D eigenvalue weighted by molar-refractivity contribution is -0.137. The van der Waals surface area contributed by atoms with Crippen molar-refractivity contribution in [3.63, 3.8) is 0 Å². The van der Waals surface area contributed by atoms with Crippen molar-refractivity contribution in [1.29, 1.82) is 0 Å². The van der Waals surface area contributed by atoms with Gasteiger partial charge in [0.2, 0.25) is 8.32 Å². The van der Waals surface area contributed by atoms with Gasteiger partial charge in [-0.05, 0) is 48.5 Å². The number of aliphatic hydroxyl groups excluding tert-OH is 1. The summed E-state index contributed by atoms with van der Waals surface area (Å²) < 4.78 is 23.6. The van der Waals surface area contributed by atoms with Gasteiger partial charge in [-0.25, -0.2) is 9.59 Å². The van der Waals surface area contributed by atoms with E-state index in [1.807, 2.05) is 12.1 Å². The van der Waals surface area contributed by atoms with Crippen LogP contribution in [0, 0.1) is 35.5 Å². The van der Waals surface area contributed by atoms with E-state index in [9.17, 15) is 14.7 Å². The maximum atomic E-state index is 13.3. The van der Waals surface area contributed by atoms with Crippen molar-refractivity contribution in [2.45, 2.75) is 63.1 Å². The molecule has 1 aromatic carbocycles. The first-order chi connectivity index (χ1) is 18.3. The van der Waals surface area contributed by atoms with Gasteiger partial charge in [-0.2, -0.15) is 0 Å². The van der Waals surface area contributed by atoms with Crippen LogP contribution in [-0.4, -0.2) is 51.3 Å². The van der Waals surface area contributed by atoms with Crippen molar-refractivity contribution in [2.75, 3.05) is 19.1 Å². The van der Waals surface area contributed by atoms with E-state index in [0.29, 0.717) is 17.0 Å². The Balaban J connectivity index is 1.83. The number of allylic oxidation sites excluding steroid dienone is 2. The summed E-state index contributed by atoms with van der Waals surface area (Å²) in [7, 11) is 0.340. The van der Waals surface area contributed by atoms with E-state index in [1.165, 1.54) is 19.1 Å². The van der Waals surface area contributed by atoms with Crippen LogP contribution in [0.25, 0.3) is 0 Å². The molecule has 4 bridgehead atoms. The topological polar surface area (TPSA) is 97.8 Å². The number of hydrogen-bond acceptors (Lipinski definition) is 7. The first-order valence-electron chi connectivity index (χ1n) is 12.9. The molecule has 5 rings (SSSR count). The molecule has 0 saturated carbocycles. The summed E-state index contributed by atoms with van der Waals surface area (Å²) in [5.41, 5.74) is -1.21. The van der Waals surface area contributed by atoms with Crippen LogP contribution in [0.15, 0.2) is 41.7 Å². The number of epoxide rings is 1. The Morgan fingerprint density at radius 1 is 1.10 bits per heavy atom. The smallest absolute Gasteiger partial charge is 0.415 e. The number of benzene rings is 1. The zero-order chi connectivity index (χ0) is 28.5. The van der Waals surface area contributed by atoms with Crippen LogP contribution in [0.2, 0.25) is 18.1 Å². The Kier molecular flexibility index (Phi) is 5.99. The second-order valence-corrected chi connectivity index (χ2v) is 16.5. The number of aliphatic hydroxyl groups is 1. The molecule has 1 amide bonds. The SMILES string of the molecule is COC(=O)C1=C(O)[C@H]2C#C/C=C\C#C[C@@H]3N(C(=O)OC)c4ccc(O[Si](C)(C)C(C)(C)C)cc4[C@]24O[C@@]34[C@H]1C. The number of hydrogen-bond donors (Lipinski definition) is 1. The van der Waals surface area contributed by atoms with Crippen molar-refractivity contribution in [3.05, 3.63) is 47.2 Å². The number of carbonyl (C=O) groups excluding carboxylic acids is 2. The van der Waals surface area contributed by atoms with Crippen molar-refractivity contribution in [3.8, 4) is 29.4 Å². The van der Waals surface area contributed by atoms with Crippen LogP contribution in [0.1, 0.15) is 33.3 Å². The van der Waals surface area contributed by atoms with Crippen LogP contribution in [0.4, 0.5) is 10.5 Å². The van der Waals surface area contributed by atoms with E-state index in [1.54, 1.807) is 25.1 Å². The van der Waals surface area contributed by atoms with Gasteiger partial charge >= 0.3 is 12.1 Å². The van der Waals surface area contributed by atoms with Gasteiger partial charge in [-0.3, -0.25) is 4.90 Å². The third-order valence-corrected chi connectivity index (χ3v) is 13.2. The van der Waals surface area contributed by atoms with Gasteiger partial charge < -0.3 is 23.7 Å². The molecule has 5 atom stereocenters. The van der Waals surface area contributed by atoms with Crippen molar-refractivity contribution < 1.29 is 33.3 Å². The minimum Gasteiger partial charge on any atom is -0.543 e. The van der Waals surface area contributed by atoms with E-state index in [2.05, 4.69) is 57.5 Å². The van der Waals surface area contributed by atoms with Gasteiger partial charge in [0.1, 0.15) is 34.7 Å². The van der Waals surface area contributed by atoms with Gasteiger partial charge in [-0.15, -0.1) is 0 Å². The molecule has 8 nitrogen and oxygen atoms in total. The Morgan fingerprint density at radius 3 is 2.38 bits per heavy atom. The van der Waals surface area contributed by atoms with Crippen LogP contribution in [0.5, 0.6) is 5.75 Å². The highest BCUT2D eigenvalue weighted by atomic mass is 28.4. The Bertz CT molecular complexity index is 1460. The van der Waals surface area contributed by atoms with Gasteiger partial charge in [-0.1, -0.05) is 51.4 Å². The molecule has 0 radical (unpaired) electrons. The Labute approximate surface area is 230 Å². The summed E-state index contributed by atoms with van der Waals surface area (Å²) in [6.07, 6.45) is 2.53. The fourth-order valence-electron chi connectivity index (χ4n) is 5.88. The van der Waals surface area contributed by atoms with Crippen molar-refractivity contribution in [1.82, 2.24) is 0 Å². The molecule has 1 aromatic rings. The normalized spacial score (nSPS) is 30.8. The highest BCUT2D eigenvalue weighted by Crippen LogP contribution is 2.74. The Morgan fingerprint density at radius 2 is 1.77 bits per heavy atom. The highest BCUT2D eigenvalue weighted by Gasteiger charge is 2.86. The molecular weight excluding hydrogens is 514 g/mol. The molecule has 0 unspecified atom stereocenters. The lowest BCUT2D eigenvalue weighted by atomic mass is 9.59. The summed E-state index contributed by atoms with van der Waals surface area (Å²) in [5, 5.41) is 11.5. The molecular formula is C30H33NO7Si. The first-order valence-corrected chi connectivity index (χ1v) is 15.8. The molecule has 0 spiro atoms. The molecule has 1 fully saturated rings. The predicted molar refractivity (Wildman–Crippen MR) is 147 cm³/mol. The summed E-state index contributed by atoms with van der Waals surface area (Å²) in [5.74, 6) is 10.3. The van der Waals surface area contributed by atoms with Crippen LogP contribution in [-0.2, 0) is 24.6 Å². The number of fused-ring (bicyclic) bond motifs is 1. The second kappa shape index (κ2) is 8.67.